The molecule has 0 saturated heterocycles. The van der Waals surface area contributed by atoms with Crippen molar-refractivity contribution >= 4 is 11.6 Å². The molecule has 0 fully saturated rings. The molecule has 3 nitrogen and oxygen atoms in total. The maximum absolute atomic E-state index is 5.98. The Morgan fingerprint density at radius 2 is 1.81 bits per heavy atom. The van der Waals surface area contributed by atoms with Crippen LogP contribution in [0.3, 0.4) is 0 Å². The second-order valence-corrected chi connectivity index (χ2v) is 6.90. The molecule has 136 valence electrons. The van der Waals surface area contributed by atoms with Crippen LogP contribution in [0.4, 0.5) is 0 Å². The molecule has 0 radical (unpaired) electrons. The number of benzene rings is 2. The van der Waals surface area contributed by atoms with Gasteiger partial charge in [0.2, 0.25) is 0 Å². The minimum atomic E-state index is 0.176. The second kappa shape index (κ2) is 8.93. The average Bonchev–Trinajstić information content (AvgIpc) is 3.20. The SMILES string of the molecule is COc1ccccc1[C@H](CC[NH2+][C@H](C)c1ccc(Cl)cc1)c1ccco1. The van der Waals surface area contributed by atoms with Crippen molar-refractivity contribution in [1.82, 2.24) is 0 Å². The average molecular weight is 371 g/mol. The molecule has 0 aliphatic rings. The molecule has 1 heterocycles. The smallest absolute Gasteiger partial charge is 0.122 e. The van der Waals surface area contributed by atoms with Gasteiger partial charge in [0.05, 0.1) is 25.8 Å². The van der Waals surface area contributed by atoms with E-state index in [4.69, 9.17) is 20.8 Å². The highest BCUT2D eigenvalue weighted by Gasteiger charge is 2.21. The van der Waals surface area contributed by atoms with Crippen LogP contribution in [0.2, 0.25) is 5.02 Å². The van der Waals surface area contributed by atoms with Gasteiger partial charge in [0.25, 0.3) is 0 Å². The van der Waals surface area contributed by atoms with Gasteiger partial charge in [0.1, 0.15) is 17.6 Å². The summed E-state index contributed by atoms with van der Waals surface area (Å²) in [5.41, 5.74) is 2.44. The maximum Gasteiger partial charge on any atom is 0.122 e. The lowest BCUT2D eigenvalue weighted by Crippen LogP contribution is -2.84. The van der Waals surface area contributed by atoms with E-state index in [1.807, 2.05) is 42.5 Å². The fourth-order valence-corrected chi connectivity index (χ4v) is 3.44. The standard InChI is InChI=1S/C22H24ClNO2/c1-16(17-9-11-18(23)12-10-17)24-14-13-20(22-8-5-15-26-22)19-6-3-4-7-21(19)25-2/h3-12,15-16,20,24H,13-14H2,1-2H3/p+1/t16-,20+/m1/s1. The lowest BCUT2D eigenvalue weighted by molar-refractivity contribution is -0.693. The number of halogens is 1. The quantitative estimate of drug-likeness (QED) is 0.619. The number of methoxy groups -OCH3 is 1. The van der Waals surface area contributed by atoms with Crippen LogP contribution >= 0.6 is 11.6 Å². The third-order valence-electron chi connectivity index (χ3n) is 4.77. The fraction of sp³-hybridized carbons (Fsp3) is 0.273. The van der Waals surface area contributed by atoms with Gasteiger partial charge in [0, 0.05) is 22.6 Å². The van der Waals surface area contributed by atoms with Gasteiger partial charge in [-0.25, -0.2) is 0 Å². The summed E-state index contributed by atoms with van der Waals surface area (Å²) in [5, 5.41) is 3.13. The first-order chi connectivity index (χ1) is 12.7. The Hall–Kier alpha value is -2.23. The molecule has 2 atom stereocenters. The molecule has 4 heteroatoms. The van der Waals surface area contributed by atoms with E-state index < -0.39 is 0 Å². The zero-order valence-corrected chi connectivity index (χ0v) is 15.9. The molecule has 2 N–H and O–H groups in total. The third kappa shape index (κ3) is 4.48. The van der Waals surface area contributed by atoms with Crippen molar-refractivity contribution in [3.05, 3.63) is 88.8 Å². The van der Waals surface area contributed by atoms with Crippen molar-refractivity contribution in [2.24, 2.45) is 0 Å². The van der Waals surface area contributed by atoms with Crippen LogP contribution in [0, 0.1) is 0 Å². The highest BCUT2D eigenvalue weighted by Crippen LogP contribution is 2.34. The van der Waals surface area contributed by atoms with Crippen LogP contribution in [0.1, 0.15) is 42.2 Å². The summed E-state index contributed by atoms with van der Waals surface area (Å²) < 4.78 is 11.3. The number of hydrogen-bond donors (Lipinski definition) is 1. The molecule has 2 aromatic carbocycles. The molecule has 3 aromatic rings. The molecule has 1 aromatic heterocycles. The summed E-state index contributed by atoms with van der Waals surface area (Å²) in [7, 11) is 1.72. The lowest BCUT2D eigenvalue weighted by Gasteiger charge is -2.19. The predicted octanol–water partition coefficient (Wildman–Crippen LogP) is 4.79. The molecule has 0 aliphatic carbocycles. The number of para-hydroxylation sites is 1. The third-order valence-corrected chi connectivity index (χ3v) is 5.02. The van der Waals surface area contributed by atoms with E-state index >= 15 is 0 Å². The van der Waals surface area contributed by atoms with Gasteiger partial charge < -0.3 is 14.5 Å². The van der Waals surface area contributed by atoms with Crippen LogP contribution in [0.25, 0.3) is 0 Å². The Labute approximate surface area is 159 Å². The number of furan rings is 1. The van der Waals surface area contributed by atoms with Gasteiger partial charge in [-0.3, -0.25) is 0 Å². The summed E-state index contributed by atoms with van der Waals surface area (Å²) in [5.74, 6) is 2.05. The van der Waals surface area contributed by atoms with E-state index in [1.54, 1.807) is 13.4 Å². The Morgan fingerprint density at radius 1 is 1.04 bits per heavy atom. The predicted molar refractivity (Wildman–Crippen MR) is 105 cm³/mol. The van der Waals surface area contributed by atoms with E-state index in [-0.39, 0.29) is 5.92 Å². The molecule has 26 heavy (non-hydrogen) atoms. The first-order valence-corrected chi connectivity index (χ1v) is 9.32. The largest absolute Gasteiger partial charge is 0.496 e. The number of hydrogen-bond acceptors (Lipinski definition) is 2. The van der Waals surface area contributed by atoms with Crippen molar-refractivity contribution in [3.63, 3.8) is 0 Å². The number of ether oxygens (including phenoxy) is 1. The van der Waals surface area contributed by atoms with E-state index in [2.05, 4.69) is 30.4 Å². The topological polar surface area (TPSA) is 39.0 Å². The van der Waals surface area contributed by atoms with Crippen LogP contribution in [0.15, 0.2) is 71.3 Å². The molecule has 0 spiro atoms. The minimum absolute atomic E-state index is 0.176. The van der Waals surface area contributed by atoms with Crippen LogP contribution in [-0.2, 0) is 0 Å². The fourth-order valence-electron chi connectivity index (χ4n) is 3.31. The number of quaternary nitrogens is 1. The molecular formula is C22H25ClNO2+. The second-order valence-electron chi connectivity index (χ2n) is 6.46. The normalized spacial score (nSPS) is 13.3. The molecule has 0 bridgehead atoms. The monoisotopic (exact) mass is 370 g/mol. The highest BCUT2D eigenvalue weighted by atomic mass is 35.5. The summed E-state index contributed by atoms with van der Waals surface area (Å²) in [6, 6.07) is 20.6. The number of nitrogens with two attached hydrogens (primary N) is 1. The van der Waals surface area contributed by atoms with Crippen molar-refractivity contribution in [3.8, 4) is 5.75 Å². The van der Waals surface area contributed by atoms with Crippen LogP contribution in [-0.4, -0.2) is 13.7 Å². The zero-order valence-electron chi connectivity index (χ0n) is 15.2. The van der Waals surface area contributed by atoms with Gasteiger partial charge in [-0.05, 0) is 37.3 Å². The van der Waals surface area contributed by atoms with Gasteiger partial charge >= 0.3 is 0 Å². The zero-order chi connectivity index (χ0) is 18.4. The van der Waals surface area contributed by atoms with E-state index in [0.717, 1.165) is 35.1 Å². The van der Waals surface area contributed by atoms with Gasteiger partial charge in [-0.2, -0.15) is 0 Å². The molecule has 0 saturated carbocycles. The minimum Gasteiger partial charge on any atom is -0.496 e. The highest BCUT2D eigenvalue weighted by molar-refractivity contribution is 6.30. The van der Waals surface area contributed by atoms with Crippen molar-refractivity contribution in [2.75, 3.05) is 13.7 Å². The van der Waals surface area contributed by atoms with Crippen LogP contribution < -0.4 is 10.1 Å². The van der Waals surface area contributed by atoms with Crippen molar-refractivity contribution in [2.45, 2.75) is 25.3 Å². The Bertz CT molecular complexity index is 799. The summed E-state index contributed by atoms with van der Waals surface area (Å²) in [6.45, 7) is 3.20. The Kier molecular flexibility index (Phi) is 6.37. The summed E-state index contributed by atoms with van der Waals surface area (Å²) in [4.78, 5) is 0. The Morgan fingerprint density at radius 3 is 2.50 bits per heavy atom. The van der Waals surface area contributed by atoms with E-state index in [0.29, 0.717) is 6.04 Å². The van der Waals surface area contributed by atoms with Crippen LogP contribution in [0.5, 0.6) is 5.75 Å². The summed E-state index contributed by atoms with van der Waals surface area (Å²) in [6.07, 6.45) is 2.70. The molecule has 3 rings (SSSR count). The van der Waals surface area contributed by atoms with Gasteiger partial charge in [-0.15, -0.1) is 0 Å². The van der Waals surface area contributed by atoms with E-state index in [9.17, 15) is 0 Å². The first-order valence-electron chi connectivity index (χ1n) is 8.94. The molecule has 0 aliphatic heterocycles. The van der Waals surface area contributed by atoms with E-state index in [1.165, 1.54) is 5.56 Å². The van der Waals surface area contributed by atoms with Gasteiger partial charge in [-0.1, -0.05) is 41.9 Å². The molecular weight excluding hydrogens is 346 g/mol. The maximum atomic E-state index is 5.98. The Balaban J connectivity index is 1.70. The number of rotatable bonds is 8. The van der Waals surface area contributed by atoms with Crippen molar-refractivity contribution < 1.29 is 14.5 Å². The summed E-state index contributed by atoms with van der Waals surface area (Å²) >= 11 is 5.98. The first kappa shape index (κ1) is 18.6. The molecule has 0 unspecified atom stereocenters. The van der Waals surface area contributed by atoms with Gasteiger partial charge in [0.15, 0.2) is 0 Å². The van der Waals surface area contributed by atoms with Crippen molar-refractivity contribution in [1.29, 1.82) is 0 Å². The molecule has 0 amide bonds. The lowest BCUT2D eigenvalue weighted by atomic mass is 9.92.